The first kappa shape index (κ1) is 18.0. The molecular weight excluding hydrogens is 354 g/mol. The minimum Gasteiger partial charge on any atom is -0.481 e. The Morgan fingerprint density at radius 1 is 1.18 bits per heavy atom. The van der Waals surface area contributed by atoms with Crippen LogP contribution in [0.1, 0.15) is 15.9 Å². The Hall–Kier alpha value is -3.41. The summed E-state index contributed by atoms with van der Waals surface area (Å²) in [6.07, 6.45) is 0.471. The number of hydrogen-bond donors (Lipinski definition) is 1. The molecule has 2 aromatic carbocycles. The highest BCUT2D eigenvalue weighted by Crippen LogP contribution is 2.25. The van der Waals surface area contributed by atoms with Crippen LogP contribution in [0.3, 0.4) is 0 Å². The molecule has 2 heterocycles. The van der Waals surface area contributed by atoms with Crippen LogP contribution in [0, 0.1) is 0 Å². The molecule has 0 unspecified atom stereocenters. The number of rotatable bonds is 4. The normalized spacial score (nSPS) is 16.7. The highest BCUT2D eigenvalue weighted by molar-refractivity contribution is 6.08. The molecule has 0 radical (unpaired) electrons. The van der Waals surface area contributed by atoms with Gasteiger partial charge in [0.1, 0.15) is 6.04 Å². The molecule has 1 atom stereocenters. The number of piperazine rings is 1. The van der Waals surface area contributed by atoms with Crippen LogP contribution in [0.5, 0.6) is 5.88 Å². The fourth-order valence-corrected chi connectivity index (χ4v) is 3.59. The Kier molecular flexibility index (Phi) is 4.93. The Bertz CT molecular complexity index is 1020. The first-order valence-corrected chi connectivity index (χ1v) is 9.24. The second-order valence-electron chi connectivity index (χ2n) is 6.72. The van der Waals surface area contributed by atoms with Crippen molar-refractivity contribution in [1.29, 1.82) is 0 Å². The molecule has 1 saturated heterocycles. The van der Waals surface area contributed by atoms with Crippen molar-refractivity contribution >= 4 is 22.7 Å². The summed E-state index contributed by atoms with van der Waals surface area (Å²) < 4.78 is 5.28. The van der Waals surface area contributed by atoms with Gasteiger partial charge in [-0.1, -0.05) is 48.5 Å². The summed E-state index contributed by atoms with van der Waals surface area (Å²) in [5, 5.41) is 3.63. The van der Waals surface area contributed by atoms with Crippen LogP contribution in [-0.4, -0.2) is 47.9 Å². The van der Waals surface area contributed by atoms with Crippen LogP contribution in [0.2, 0.25) is 0 Å². The van der Waals surface area contributed by atoms with Gasteiger partial charge in [0.15, 0.2) is 0 Å². The molecule has 1 N–H and O–H groups in total. The van der Waals surface area contributed by atoms with E-state index in [1.165, 1.54) is 7.11 Å². The van der Waals surface area contributed by atoms with Crippen LogP contribution < -0.4 is 10.1 Å². The number of carbonyl (C=O) groups is 2. The largest absolute Gasteiger partial charge is 0.481 e. The molecule has 28 heavy (non-hydrogen) atoms. The fraction of sp³-hybridized carbons (Fsp3) is 0.227. The average Bonchev–Trinajstić information content (AvgIpc) is 2.74. The standard InChI is InChI=1S/C22H21N3O3/c1-28-20-14-17(16-9-5-6-10-18(16)24-20)22(27)25-12-11-23-21(26)19(25)13-15-7-3-2-4-8-15/h2-10,14,19H,11-13H2,1H3,(H,23,26)/t19-/m1/s1. The van der Waals surface area contributed by atoms with Gasteiger partial charge in [-0.3, -0.25) is 9.59 Å². The van der Waals surface area contributed by atoms with Crippen molar-refractivity contribution in [3.8, 4) is 5.88 Å². The molecule has 6 nitrogen and oxygen atoms in total. The molecule has 0 aliphatic carbocycles. The predicted molar refractivity (Wildman–Crippen MR) is 106 cm³/mol. The van der Waals surface area contributed by atoms with Crippen LogP contribution in [0.4, 0.5) is 0 Å². The van der Waals surface area contributed by atoms with Crippen molar-refractivity contribution in [3.05, 3.63) is 71.8 Å². The second-order valence-corrected chi connectivity index (χ2v) is 6.72. The number of fused-ring (bicyclic) bond motifs is 1. The molecule has 0 bridgehead atoms. The third-order valence-corrected chi connectivity index (χ3v) is 5.00. The van der Waals surface area contributed by atoms with Gasteiger partial charge in [0.25, 0.3) is 5.91 Å². The van der Waals surface area contributed by atoms with E-state index < -0.39 is 6.04 Å². The molecule has 0 spiro atoms. The van der Waals surface area contributed by atoms with E-state index in [9.17, 15) is 9.59 Å². The zero-order chi connectivity index (χ0) is 19.5. The van der Waals surface area contributed by atoms with Gasteiger partial charge >= 0.3 is 0 Å². The third-order valence-electron chi connectivity index (χ3n) is 5.00. The minimum atomic E-state index is -0.554. The molecular formula is C22H21N3O3. The van der Waals surface area contributed by atoms with Gasteiger partial charge in [0.2, 0.25) is 11.8 Å². The summed E-state index contributed by atoms with van der Waals surface area (Å²) in [6.45, 7) is 0.900. The van der Waals surface area contributed by atoms with E-state index >= 15 is 0 Å². The number of nitrogens with one attached hydrogen (secondary N) is 1. The van der Waals surface area contributed by atoms with Crippen LogP contribution in [-0.2, 0) is 11.2 Å². The fourth-order valence-electron chi connectivity index (χ4n) is 3.59. The number of aromatic nitrogens is 1. The summed E-state index contributed by atoms with van der Waals surface area (Å²) in [7, 11) is 1.53. The van der Waals surface area contributed by atoms with E-state index in [1.807, 2.05) is 54.6 Å². The van der Waals surface area contributed by atoms with E-state index in [4.69, 9.17) is 4.74 Å². The Morgan fingerprint density at radius 3 is 2.71 bits per heavy atom. The van der Waals surface area contributed by atoms with Crippen molar-refractivity contribution in [1.82, 2.24) is 15.2 Å². The lowest BCUT2D eigenvalue weighted by atomic mass is 10.00. The summed E-state index contributed by atoms with van der Waals surface area (Å²) in [6, 6.07) is 18.3. The van der Waals surface area contributed by atoms with Gasteiger partial charge in [0, 0.05) is 31.0 Å². The van der Waals surface area contributed by atoms with Crippen molar-refractivity contribution in [3.63, 3.8) is 0 Å². The molecule has 1 aromatic heterocycles. The van der Waals surface area contributed by atoms with Gasteiger partial charge in [-0.15, -0.1) is 0 Å². The third kappa shape index (κ3) is 3.41. The molecule has 6 heteroatoms. The lowest BCUT2D eigenvalue weighted by molar-refractivity contribution is -0.127. The highest BCUT2D eigenvalue weighted by Gasteiger charge is 2.34. The van der Waals surface area contributed by atoms with Crippen LogP contribution in [0.25, 0.3) is 10.9 Å². The maximum atomic E-state index is 13.5. The first-order valence-electron chi connectivity index (χ1n) is 9.24. The predicted octanol–water partition coefficient (Wildman–Crippen LogP) is 2.43. The minimum absolute atomic E-state index is 0.131. The Morgan fingerprint density at radius 2 is 1.93 bits per heavy atom. The van der Waals surface area contributed by atoms with Gasteiger partial charge in [0.05, 0.1) is 18.2 Å². The smallest absolute Gasteiger partial charge is 0.255 e. The molecule has 3 aromatic rings. The summed E-state index contributed by atoms with van der Waals surface area (Å²) >= 11 is 0. The zero-order valence-corrected chi connectivity index (χ0v) is 15.6. The molecule has 0 saturated carbocycles. The number of para-hydroxylation sites is 1. The molecule has 1 aliphatic heterocycles. The number of ether oxygens (including phenoxy) is 1. The maximum absolute atomic E-state index is 13.5. The van der Waals surface area contributed by atoms with E-state index in [0.717, 1.165) is 10.9 Å². The van der Waals surface area contributed by atoms with E-state index in [0.29, 0.717) is 36.5 Å². The van der Waals surface area contributed by atoms with Crippen molar-refractivity contribution in [2.45, 2.75) is 12.5 Å². The summed E-state index contributed by atoms with van der Waals surface area (Å²) in [5.41, 5.74) is 2.20. The zero-order valence-electron chi connectivity index (χ0n) is 15.6. The number of nitrogens with zero attached hydrogens (tertiary/aromatic N) is 2. The van der Waals surface area contributed by atoms with Gasteiger partial charge < -0.3 is 15.0 Å². The Balaban J connectivity index is 1.73. The average molecular weight is 375 g/mol. The van der Waals surface area contributed by atoms with Crippen molar-refractivity contribution in [2.24, 2.45) is 0 Å². The Labute approximate surface area is 163 Å². The van der Waals surface area contributed by atoms with Crippen molar-refractivity contribution < 1.29 is 14.3 Å². The number of methoxy groups -OCH3 is 1. The molecule has 1 aliphatic rings. The highest BCUT2D eigenvalue weighted by atomic mass is 16.5. The second kappa shape index (κ2) is 7.68. The topological polar surface area (TPSA) is 71.5 Å². The van der Waals surface area contributed by atoms with Crippen LogP contribution >= 0.6 is 0 Å². The number of pyridine rings is 1. The monoisotopic (exact) mass is 375 g/mol. The number of hydrogen-bond acceptors (Lipinski definition) is 4. The molecule has 1 fully saturated rings. The molecule has 142 valence electrons. The van der Waals surface area contributed by atoms with E-state index in [-0.39, 0.29) is 11.8 Å². The summed E-state index contributed by atoms with van der Waals surface area (Å²) in [5.74, 6) is 0.0598. The lowest BCUT2D eigenvalue weighted by Crippen LogP contribution is -2.58. The first-order chi connectivity index (χ1) is 13.7. The van der Waals surface area contributed by atoms with E-state index in [1.54, 1.807) is 11.0 Å². The van der Waals surface area contributed by atoms with Gasteiger partial charge in [-0.05, 0) is 11.6 Å². The number of amides is 2. The van der Waals surface area contributed by atoms with Gasteiger partial charge in [-0.2, -0.15) is 0 Å². The molecule has 4 rings (SSSR count). The van der Waals surface area contributed by atoms with E-state index in [2.05, 4.69) is 10.3 Å². The number of carbonyl (C=O) groups excluding carboxylic acids is 2. The maximum Gasteiger partial charge on any atom is 0.255 e. The number of benzene rings is 2. The van der Waals surface area contributed by atoms with Crippen LogP contribution in [0.15, 0.2) is 60.7 Å². The van der Waals surface area contributed by atoms with Gasteiger partial charge in [-0.25, -0.2) is 4.98 Å². The quantitative estimate of drug-likeness (QED) is 0.760. The summed E-state index contributed by atoms with van der Waals surface area (Å²) in [4.78, 5) is 32.2. The lowest BCUT2D eigenvalue weighted by Gasteiger charge is -2.35. The van der Waals surface area contributed by atoms with Crippen molar-refractivity contribution in [2.75, 3.05) is 20.2 Å². The SMILES string of the molecule is COc1cc(C(=O)N2CCNC(=O)[C@H]2Cc2ccccc2)c2ccccc2n1. The molecule has 2 amide bonds.